The third-order valence-corrected chi connectivity index (χ3v) is 4.59. The van der Waals surface area contributed by atoms with Crippen molar-refractivity contribution in [2.24, 2.45) is 5.41 Å². The standard InChI is InChI=1S/C15H30N2O/c1-13(2)16-11-15(7-3-4-8-15)12-17-9-5-6-14(18)10-17/h13-14,16,18H,3-12H2,1-2H3. The Bertz CT molecular complexity index is 249. The third kappa shape index (κ3) is 3.94. The van der Waals surface area contributed by atoms with Gasteiger partial charge in [0.2, 0.25) is 0 Å². The summed E-state index contributed by atoms with van der Waals surface area (Å²) >= 11 is 0. The molecule has 1 saturated carbocycles. The van der Waals surface area contributed by atoms with Gasteiger partial charge >= 0.3 is 0 Å². The summed E-state index contributed by atoms with van der Waals surface area (Å²) in [6.07, 6.45) is 7.56. The van der Waals surface area contributed by atoms with Crippen molar-refractivity contribution in [3.63, 3.8) is 0 Å². The van der Waals surface area contributed by atoms with Crippen molar-refractivity contribution in [1.29, 1.82) is 0 Å². The van der Waals surface area contributed by atoms with Gasteiger partial charge in [-0.05, 0) is 37.6 Å². The molecular weight excluding hydrogens is 224 g/mol. The van der Waals surface area contributed by atoms with E-state index in [2.05, 4.69) is 24.1 Å². The Morgan fingerprint density at radius 2 is 2.00 bits per heavy atom. The molecule has 0 aromatic heterocycles. The number of nitrogens with zero attached hydrogens (tertiary/aromatic N) is 1. The van der Waals surface area contributed by atoms with Crippen LogP contribution in [0.3, 0.4) is 0 Å². The van der Waals surface area contributed by atoms with Gasteiger partial charge in [-0.15, -0.1) is 0 Å². The molecule has 0 radical (unpaired) electrons. The highest BCUT2D eigenvalue weighted by Crippen LogP contribution is 2.38. The molecule has 0 aromatic rings. The van der Waals surface area contributed by atoms with Crippen LogP contribution >= 0.6 is 0 Å². The van der Waals surface area contributed by atoms with Gasteiger partial charge < -0.3 is 15.3 Å². The average Bonchev–Trinajstić information content (AvgIpc) is 2.76. The van der Waals surface area contributed by atoms with Gasteiger partial charge in [0, 0.05) is 25.7 Å². The van der Waals surface area contributed by atoms with E-state index in [1.165, 1.54) is 38.8 Å². The number of hydrogen-bond donors (Lipinski definition) is 2. The van der Waals surface area contributed by atoms with Crippen LogP contribution < -0.4 is 5.32 Å². The van der Waals surface area contributed by atoms with Crippen molar-refractivity contribution in [3.8, 4) is 0 Å². The number of aliphatic hydroxyl groups excluding tert-OH is 1. The lowest BCUT2D eigenvalue weighted by Gasteiger charge is -2.39. The number of hydrogen-bond acceptors (Lipinski definition) is 3. The number of rotatable bonds is 5. The topological polar surface area (TPSA) is 35.5 Å². The summed E-state index contributed by atoms with van der Waals surface area (Å²) < 4.78 is 0. The maximum absolute atomic E-state index is 9.80. The van der Waals surface area contributed by atoms with E-state index in [1.807, 2.05) is 0 Å². The Balaban J connectivity index is 1.88. The molecule has 2 rings (SSSR count). The number of likely N-dealkylation sites (tertiary alicyclic amines) is 1. The number of β-amino-alcohol motifs (C(OH)–C–C–N with tert-alkyl or cyclic N) is 1. The minimum atomic E-state index is -0.0877. The lowest BCUT2D eigenvalue weighted by Crippen LogP contribution is -2.48. The first-order chi connectivity index (χ1) is 8.60. The summed E-state index contributed by atoms with van der Waals surface area (Å²) in [5, 5.41) is 13.4. The molecule has 1 aliphatic heterocycles. The van der Waals surface area contributed by atoms with Gasteiger partial charge in [-0.2, -0.15) is 0 Å². The van der Waals surface area contributed by atoms with E-state index >= 15 is 0 Å². The van der Waals surface area contributed by atoms with E-state index in [9.17, 15) is 5.11 Å². The number of nitrogens with one attached hydrogen (secondary N) is 1. The highest BCUT2D eigenvalue weighted by molar-refractivity contribution is 4.91. The molecule has 2 fully saturated rings. The Labute approximate surface area is 112 Å². The first kappa shape index (κ1) is 14.3. The molecule has 1 unspecified atom stereocenters. The quantitative estimate of drug-likeness (QED) is 0.788. The second-order valence-electron chi connectivity index (χ2n) is 6.77. The normalized spacial score (nSPS) is 29.0. The van der Waals surface area contributed by atoms with Gasteiger partial charge in [-0.3, -0.25) is 0 Å². The predicted molar refractivity (Wildman–Crippen MR) is 75.7 cm³/mol. The van der Waals surface area contributed by atoms with Gasteiger partial charge in [0.05, 0.1) is 6.10 Å². The fourth-order valence-electron chi connectivity index (χ4n) is 3.59. The number of aliphatic hydroxyl groups is 1. The molecule has 1 aliphatic carbocycles. The highest BCUT2D eigenvalue weighted by atomic mass is 16.3. The zero-order valence-electron chi connectivity index (χ0n) is 12.1. The second-order valence-corrected chi connectivity index (χ2v) is 6.77. The highest BCUT2D eigenvalue weighted by Gasteiger charge is 2.36. The largest absolute Gasteiger partial charge is 0.392 e. The van der Waals surface area contributed by atoms with Crippen molar-refractivity contribution >= 4 is 0 Å². The van der Waals surface area contributed by atoms with E-state index < -0.39 is 0 Å². The van der Waals surface area contributed by atoms with Gasteiger partial charge in [-0.1, -0.05) is 26.7 Å². The predicted octanol–water partition coefficient (Wildman–Crippen LogP) is 2.00. The van der Waals surface area contributed by atoms with E-state index in [1.54, 1.807) is 0 Å². The molecule has 1 atom stereocenters. The first-order valence-electron chi connectivity index (χ1n) is 7.73. The van der Waals surface area contributed by atoms with Crippen LogP contribution in [0.5, 0.6) is 0 Å². The molecule has 3 heteroatoms. The van der Waals surface area contributed by atoms with E-state index in [0.29, 0.717) is 11.5 Å². The van der Waals surface area contributed by atoms with Crippen molar-refractivity contribution in [3.05, 3.63) is 0 Å². The molecule has 106 valence electrons. The molecule has 0 bridgehead atoms. The van der Waals surface area contributed by atoms with Crippen LogP contribution in [0.25, 0.3) is 0 Å². The smallest absolute Gasteiger partial charge is 0.0667 e. The van der Waals surface area contributed by atoms with Crippen LogP contribution in [0.15, 0.2) is 0 Å². The molecule has 1 heterocycles. The third-order valence-electron chi connectivity index (χ3n) is 4.59. The van der Waals surface area contributed by atoms with E-state index in [0.717, 1.165) is 25.9 Å². The van der Waals surface area contributed by atoms with Gasteiger partial charge in [0.1, 0.15) is 0 Å². The van der Waals surface area contributed by atoms with E-state index in [4.69, 9.17) is 0 Å². The molecule has 3 nitrogen and oxygen atoms in total. The SMILES string of the molecule is CC(C)NCC1(CN2CCCC(O)C2)CCCC1. The summed E-state index contributed by atoms with van der Waals surface area (Å²) in [6.45, 7) is 8.87. The van der Waals surface area contributed by atoms with Crippen molar-refractivity contribution in [2.75, 3.05) is 26.2 Å². The van der Waals surface area contributed by atoms with Crippen molar-refractivity contribution in [2.45, 2.75) is 64.5 Å². The zero-order valence-corrected chi connectivity index (χ0v) is 12.1. The first-order valence-corrected chi connectivity index (χ1v) is 7.73. The van der Waals surface area contributed by atoms with Crippen LogP contribution in [0.2, 0.25) is 0 Å². The van der Waals surface area contributed by atoms with Gasteiger partial charge in [-0.25, -0.2) is 0 Å². The average molecular weight is 254 g/mol. The summed E-state index contributed by atoms with van der Waals surface area (Å²) in [4.78, 5) is 2.50. The molecule has 0 aromatic carbocycles. The lowest BCUT2D eigenvalue weighted by molar-refractivity contribution is 0.0433. The summed E-state index contributed by atoms with van der Waals surface area (Å²) in [7, 11) is 0. The number of piperidine rings is 1. The molecule has 0 spiro atoms. The van der Waals surface area contributed by atoms with Crippen LogP contribution in [-0.4, -0.2) is 48.3 Å². The minimum absolute atomic E-state index is 0.0877. The maximum Gasteiger partial charge on any atom is 0.0667 e. The summed E-state index contributed by atoms with van der Waals surface area (Å²) in [6, 6.07) is 0.578. The summed E-state index contributed by atoms with van der Waals surface area (Å²) in [5.74, 6) is 0. The monoisotopic (exact) mass is 254 g/mol. The maximum atomic E-state index is 9.80. The summed E-state index contributed by atoms with van der Waals surface area (Å²) in [5.41, 5.74) is 0.474. The van der Waals surface area contributed by atoms with Gasteiger partial charge in [0.15, 0.2) is 0 Å². The fraction of sp³-hybridized carbons (Fsp3) is 1.00. The molecule has 1 saturated heterocycles. The fourth-order valence-corrected chi connectivity index (χ4v) is 3.59. The van der Waals surface area contributed by atoms with Crippen LogP contribution in [0, 0.1) is 5.41 Å². The zero-order chi connectivity index (χ0) is 13.0. The molecule has 18 heavy (non-hydrogen) atoms. The Kier molecular flexibility index (Phi) is 5.05. The van der Waals surface area contributed by atoms with Crippen molar-refractivity contribution < 1.29 is 5.11 Å². The van der Waals surface area contributed by atoms with Gasteiger partial charge in [0.25, 0.3) is 0 Å². The van der Waals surface area contributed by atoms with Crippen LogP contribution in [0.1, 0.15) is 52.4 Å². The van der Waals surface area contributed by atoms with Crippen LogP contribution in [0.4, 0.5) is 0 Å². The van der Waals surface area contributed by atoms with E-state index in [-0.39, 0.29) is 6.10 Å². The second kappa shape index (κ2) is 6.36. The Morgan fingerprint density at radius 1 is 1.28 bits per heavy atom. The Hall–Kier alpha value is -0.120. The molecule has 2 aliphatic rings. The van der Waals surface area contributed by atoms with Crippen molar-refractivity contribution in [1.82, 2.24) is 10.2 Å². The molecule has 2 N–H and O–H groups in total. The van der Waals surface area contributed by atoms with Crippen LogP contribution in [-0.2, 0) is 0 Å². The molecule has 0 amide bonds. The molecular formula is C15H30N2O. The minimum Gasteiger partial charge on any atom is -0.392 e. The Morgan fingerprint density at radius 3 is 2.61 bits per heavy atom. The lowest BCUT2D eigenvalue weighted by atomic mass is 9.84.